The van der Waals surface area contributed by atoms with Gasteiger partial charge in [0.15, 0.2) is 0 Å². The van der Waals surface area contributed by atoms with E-state index in [-0.39, 0.29) is 6.42 Å². The summed E-state index contributed by atoms with van der Waals surface area (Å²) in [4.78, 5) is 27.5. The van der Waals surface area contributed by atoms with Gasteiger partial charge in [0.2, 0.25) is 5.95 Å². The van der Waals surface area contributed by atoms with Crippen LogP contribution in [0.2, 0.25) is 0 Å². The van der Waals surface area contributed by atoms with Crippen molar-refractivity contribution in [3.8, 4) is 22.8 Å². The van der Waals surface area contributed by atoms with Crippen LogP contribution in [0.25, 0.3) is 11.3 Å². The fourth-order valence-corrected chi connectivity index (χ4v) is 3.72. The van der Waals surface area contributed by atoms with Crippen LogP contribution in [0.15, 0.2) is 42.7 Å². The highest BCUT2D eigenvalue weighted by molar-refractivity contribution is 5.78. The summed E-state index contributed by atoms with van der Waals surface area (Å²) in [5.74, 6) is 1.74. The molecule has 9 nitrogen and oxygen atoms in total. The molecule has 1 aromatic carbocycles. The van der Waals surface area contributed by atoms with E-state index in [1.54, 1.807) is 31.5 Å². The van der Waals surface area contributed by atoms with Crippen molar-refractivity contribution in [2.45, 2.75) is 32.7 Å². The molecular formula is C26H33N5O4. The van der Waals surface area contributed by atoms with Crippen molar-refractivity contribution in [2.75, 3.05) is 38.5 Å². The molecule has 2 N–H and O–H groups in total. The molecular weight excluding hydrogens is 446 g/mol. The van der Waals surface area contributed by atoms with E-state index in [1.165, 1.54) is 0 Å². The minimum atomic E-state index is -0.971. The number of rotatable bonds is 11. The molecule has 0 saturated heterocycles. The van der Waals surface area contributed by atoms with Gasteiger partial charge in [-0.3, -0.25) is 4.98 Å². The summed E-state index contributed by atoms with van der Waals surface area (Å²) in [6.07, 6.45) is 4.41. The number of aliphatic carboxylic acids is 1. The molecule has 0 radical (unpaired) electrons. The number of carbonyl (C=O) groups is 1. The van der Waals surface area contributed by atoms with Gasteiger partial charge in [-0.1, -0.05) is 26.0 Å². The lowest BCUT2D eigenvalue weighted by molar-refractivity contribution is -0.137. The monoisotopic (exact) mass is 479 g/mol. The molecule has 2 heterocycles. The predicted molar refractivity (Wildman–Crippen MR) is 136 cm³/mol. The van der Waals surface area contributed by atoms with Gasteiger partial charge in [-0.05, 0) is 36.1 Å². The third kappa shape index (κ3) is 6.38. The quantitative estimate of drug-likeness (QED) is 0.423. The normalized spacial score (nSPS) is 11.7. The van der Waals surface area contributed by atoms with Gasteiger partial charge in [-0.25, -0.2) is 9.78 Å². The van der Waals surface area contributed by atoms with Crippen molar-refractivity contribution >= 4 is 17.7 Å². The first-order chi connectivity index (χ1) is 16.7. The predicted octanol–water partition coefficient (Wildman–Crippen LogP) is 3.93. The molecule has 0 unspecified atom stereocenters. The molecule has 2 aromatic heterocycles. The Kier molecular flexibility index (Phi) is 8.46. The number of carboxylic acid groups (broad SMARTS) is 1. The second-order valence-electron chi connectivity index (χ2n) is 8.86. The van der Waals surface area contributed by atoms with E-state index >= 15 is 0 Å². The van der Waals surface area contributed by atoms with Gasteiger partial charge in [-0.2, -0.15) is 4.98 Å². The second-order valence-corrected chi connectivity index (χ2v) is 8.86. The highest BCUT2D eigenvalue weighted by Crippen LogP contribution is 2.37. The largest absolute Gasteiger partial charge is 0.496 e. The molecule has 0 spiro atoms. The molecule has 186 valence electrons. The number of pyridine rings is 1. The average Bonchev–Trinajstić information content (AvgIpc) is 2.84. The molecule has 9 heteroatoms. The van der Waals surface area contributed by atoms with Crippen LogP contribution in [0.3, 0.4) is 0 Å². The van der Waals surface area contributed by atoms with Gasteiger partial charge in [-0.15, -0.1) is 0 Å². The Hall–Kier alpha value is -3.88. The van der Waals surface area contributed by atoms with Gasteiger partial charge in [0.1, 0.15) is 23.4 Å². The van der Waals surface area contributed by atoms with Gasteiger partial charge >= 0.3 is 5.97 Å². The first-order valence-electron chi connectivity index (χ1n) is 11.4. The summed E-state index contributed by atoms with van der Waals surface area (Å²) in [6, 6.07) is 8.35. The zero-order chi connectivity index (χ0) is 25.5. The SMILES string of the molecule is COc1cccc(OC)c1-c1ccc(C[C@H](Nc2nc(N(C)C)ncc2CC(C)C)C(=O)O)cn1. The summed E-state index contributed by atoms with van der Waals surface area (Å²) < 4.78 is 11.0. The molecule has 0 fully saturated rings. The van der Waals surface area contributed by atoms with E-state index in [1.807, 2.05) is 44.4 Å². The van der Waals surface area contributed by atoms with Crippen molar-refractivity contribution in [3.05, 3.63) is 53.9 Å². The number of nitrogens with zero attached hydrogens (tertiary/aromatic N) is 4. The maximum absolute atomic E-state index is 12.1. The Balaban J connectivity index is 1.87. The Morgan fingerprint density at radius 1 is 1.03 bits per heavy atom. The smallest absolute Gasteiger partial charge is 0.326 e. The lowest BCUT2D eigenvalue weighted by Gasteiger charge is -2.20. The third-order valence-electron chi connectivity index (χ3n) is 5.44. The minimum absolute atomic E-state index is 0.230. The molecule has 3 aromatic rings. The fraction of sp³-hybridized carbons (Fsp3) is 0.385. The molecule has 35 heavy (non-hydrogen) atoms. The molecule has 0 bridgehead atoms. The maximum atomic E-state index is 12.1. The van der Waals surface area contributed by atoms with Gasteiger partial charge in [0.05, 0.1) is 25.5 Å². The van der Waals surface area contributed by atoms with Crippen LogP contribution in [-0.4, -0.2) is 60.4 Å². The van der Waals surface area contributed by atoms with Crippen LogP contribution in [-0.2, 0) is 17.6 Å². The van der Waals surface area contributed by atoms with Crippen molar-refractivity contribution in [2.24, 2.45) is 5.92 Å². The zero-order valence-corrected chi connectivity index (χ0v) is 21.1. The Labute approximate surface area is 206 Å². The van der Waals surface area contributed by atoms with E-state index in [2.05, 4.69) is 34.1 Å². The molecule has 1 atom stereocenters. The van der Waals surface area contributed by atoms with Crippen LogP contribution in [0.1, 0.15) is 25.0 Å². The number of hydrogen-bond donors (Lipinski definition) is 2. The zero-order valence-electron chi connectivity index (χ0n) is 21.1. The number of aromatic nitrogens is 3. The van der Waals surface area contributed by atoms with Crippen molar-refractivity contribution in [1.82, 2.24) is 15.0 Å². The van der Waals surface area contributed by atoms with Crippen molar-refractivity contribution < 1.29 is 19.4 Å². The van der Waals surface area contributed by atoms with E-state index in [9.17, 15) is 9.90 Å². The molecule has 0 saturated carbocycles. The third-order valence-corrected chi connectivity index (χ3v) is 5.44. The first kappa shape index (κ1) is 25.7. The minimum Gasteiger partial charge on any atom is -0.496 e. The lowest BCUT2D eigenvalue weighted by Crippen LogP contribution is -2.33. The fourth-order valence-electron chi connectivity index (χ4n) is 3.72. The summed E-state index contributed by atoms with van der Waals surface area (Å²) >= 11 is 0. The molecule has 0 aliphatic heterocycles. The Bertz CT molecular complexity index is 1130. The number of hydrogen-bond acceptors (Lipinski definition) is 8. The Morgan fingerprint density at radius 2 is 1.71 bits per heavy atom. The van der Waals surface area contributed by atoms with E-state index in [0.29, 0.717) is 34.9 Å². The maximum Gasteiger partial charge on any atom is 0.326 e. The van der Waals surface area contributed by atoms with Gasteiger partial charge < -0.3 is 24.8 Å². The number of anilines is 2. The van der Waals surface area contributed by atoms with Crippen LogP contribution in [0, 0.1) is 5.92 Å². The van der Waals surface area contributed by atoms with E-state index < -0.39 is 12.0 Å². The van der Waals surface area contributed by atoms with Crippen molar-refractivity contribution in [1.29, 1.82) is 0 Å². The molecule has 0 aliphatic carbocycles. The standard InChI is InChI=1S/C26H33N5O4/c1-16(2)12-18-15-28-26(31(3)4)30-24(18)29-20(25(32)33)13-17-10-11-19(27-14-17)23-21(34-5)8-7-9-22(23)35-6/h7-11,14-16,20H,12-13H2,1-6H3,(H,32,33)(H,28,29,30)/t20-/m0/s1. The van der Waals surface area contributed by atoms with E-state index in [4.69, 9.17) is 9.47 Å². The van der Waals surface area contributed by atoms with Gasteiger partial charge in [0.25, 0.3) is 0 Å². The number of ether oxygens (including phenoxy) is 2. The molecule has 0 amide bonds. The second kappa shape index (κ2) is 11.5. The van der Waals surface area contributed by atoms with Crippen LogP contribution in [0.4, 0.5) is 11.8 Å². The van der Waals surface area contributed by atoms with Crippen LogP contribution >= 0.6 is 0 Å². The topological polar surface area (TPSA) is 110 Å². The van der Waals surface area contributed by atoms with Gasteiger partial charge in [0, 0.05) is 38.5 Å². The summed E-state index contributed by atoms with van der Waals surface area (Å²) in [7, 11) is 6.88. The average molecular weight is 480 g/mol. The number of carboxylic acids is 1. The lowest BCUT2D eigenvalue weighted by atomic mass is 10.0. The number of methoxy groups -OCH3 is 2. The number of benzene rings is 1. The van der Waals surface area contributed by atoms with Crippen LogP contribution in [0.5, 0.6) is 11.5 Å². The van der Waals surface area contributed by atoms with Crippen molar-refractivity contribution in [3.63, 3.8) is 0 Å². The summed E-state index contributed by atoms with van der Waals surface area (Å²) in [5, 5.41) is 13.1. The summed E-state index contributed by atoms with van der Waals surface area (Å²) in [5.41, 5.74) is 3.07. The highest BCUT2D eigenvalue weighted by atomic mass is 16.5. The molecule has 0 aliphatic rings. The molecule has 3 rings (SSSR count). The highest BCUT2D eigenvalue weighted by Gasteiger charge is 2.22. The Morgan fingerprint density at radius 3 is 2.23 bits per heavy atom. The van der Waals surface area contributed by atoms with Crippen LogP contribution < -0.4 is 19.7 Å². The van der Waals surface area contributed by atoms with E-state index in [0.717, 1.165) is 23.1 Å². The summed E-state index contributed by atoms with van der Waals surface area (Å²) in [6.45, 7) is 4.20. The number of nitrogens with one attached hydrogen (secondary N) is 1. The first-order valence-corrected chi connectivity index (χ1v) is 11.4.